The smallest absolute Gasteiger partial charge is 0.299 e. The molecule has 0 saturated carbocycles. The highest BCUT2D eigenvalue weighted by atomic mass is 32.1. The highest BCUT2D eigenvalue weighted by Gasteiger charge is 2.16. The third-order valence-electron chi connectivity index (χ3n) is 2.32. The number of hydrogen-bond acceptors (Lipinski definition) is 4. The van der Waals surface area contributed by atoms with Crippen LogP contribution < -0.4 is 4.74 Å². The first-order valence-electron chi connectivity index (χ1n) is 5.26. The molecule has 0 unspecified atom stereocenters. The van der Waals surface area contributed by atoms with Gasteiger partial charge in [0, 0.05) is 5.56 Å². The van der Waals surface area contributed by atoms with E-state index in [0.717, 1.165) is 4.68 Å². The van der Waals surface area contributed by atoms with Gasteiger partial charge in [-0.1, -0.05) is 12.1 Å². The summed E-state index contributed by atoms with van der Waals surface area (Å²) in [6.07, 6.45) is -1.38. The van der Waals surface area contributed by atoms with Gasteiger partial charge in [-0.05, 0) is 24.4 Å². The average Bonchev–Trinajstić information content (AvgIpc) is 2.78. The van der Waals surface area contributed by atoms with Gasteiger partial charge in [0.25, 0.3) is 6.43 Å². The maximum absolute atomic E-state index is 12.7. The van der Waals surface area contributed by atoms with Gasteiger partial charge in [0.1, 0.15) is 5.75 Å². The van der Waals surface area contributed by atoms with Gasteiger partial charge in [0.2, 0.25) is 10.6 Å². The summed E-state index contributed by atoms with van der Waals surface area (Å²) in [4.78, 5) is 0. The Morgan fingerprint density at radius 1 is 1.47 bits per heavy atom. The summed E-state index contributed by atoms with van der Waals surface area (Å²) in [7, 11) is 1.51. The minimum Gasteiger partial charge on any atom is -0.496 e. The topological polar surface area (TPSA) is 55.2 Å². The number of nitrogens with one attached hydrogen (secondary N) is 1. The zero-order valence-corrected chi connectivity index (χ0v) is 10.7. The highest BCUT2D eigenvalue weighted by Crippen LogP contribution is 2.17. The Labute approximate surface area is 112 Å². The summed E-state index contributed by atoms with van der Waals surface area (Å²) < 4.78 is 31.3. The zero-order chi connectivity index (χ0) is 13.8. The fourth-order valence-corrected chi connectivity index (χ4v) is 1.64. The predicted octanol–water partition coefficient (Wildman–Crippen LogP) is 2.77. The summed E-state index contributed by atoms with van der Waals surface area (Å²) in [5, 5.41) is 9.59. The van der Waals surface area contributed by atoms with E-state index in [2.05, 4.69) is 15.3 Å². The normalized spacial score (nSPS) is 11.4. The van der Waals surface area contributed by atoms with E-state index in [4.69, 9.17) is 17.0 Å². The van der Waals surface area contributed by atoms with E-state index in [9.17, 15) is 8.78 Å². The van der Waals surface area contributed by atoms with E-state index < -0.39 is 12.2 Å². The molecule has 0 atom stereocenters. The molecule has 8 heteroatoms. The fraction of sp³-hybridized carbons (Fsp3) is 0.182. The third-order valence-corrected chi connectivity index (χ3v) is 2.59. The Morgan fingerprint density at radius 3 is 2.89 bits per heavy atom. The molecule has 1 aromatic heterocycles. The summed E-state index contributed by atoms with van der Waals surface area (Å²) in [5.41, 5.74) is 0.647. The molecular formula is C11H10F2N4OS. The number of rotatable bonds is 4. The molecule has 1 N–H and O–H groups in total. The Bertz CT molecular complexity index is 650. The molecule has 0 saturated heterocycles. The lowest BCUT2D eigenvalue weighted by Crippen LogP contribution is -2.00. The molecule has 0 aliphatic heterocycles. The number of methoxy groups -OCH3 is 1. The van der Waals surface area contributed by atoms with Gasteiger partial charge in [0.15, 0.2) is 0 Å². The number of aromatic amines is 1. The second-order valence-electron chi connectivity index (χ2n) is 3.49. The number of ether oxygens (including phenoxy) is 1. The minimum absolute atomic E-state index is 0.00134. The largest absolute Gasteiger partial charge is 0.496 e. The van der Waals surface area contributed by atoms with Gasteiger partial charge >= 0.3 is 0 Å². The number of benzene rings is 1. The van der Waals surface area contributed by atoms with Crippen LogP contribution in [0.25, 0.3) is 0 Å². The number of nitrogens with zero attached hydrogens (tertiary/aromatic N) is 3. The van der Waals surface area contributed by atoms with Gasteiger partial charge in [0.05, 0.1) is 13.3 Å². The first kappa shape index (κ1) is 13.3. The monoisotopic (exact) mass is 284 g/mol. The van der Waals surface area contributed by atoms with Gasteiger partial charge in [-0.15, -0.1) is 0 Å². The van der Waals surface area contributed by atoms with Crippen molar-refractivity contribution in [2.24, 2.45) is 5.10 Å². The summed E-state index contributed by atoms with van der Waals surface area (Å²) in [6.45, 7) is 0. The molecule has 1 aromatic carbocycles. The molecule has 5 nitrogen and oxygen atoms in total. The molecule has 0 radical (unpaired) electrons. The average molecular weight is 284 g/mol. The van der Waals surface area contributed by atoms with Crippen LogP contribution in [0.1, 0.15) is 17.8 Å². The van der Waals surface area contributed by atoms with Crippen LogP contribution in [0.2, 0.25) is 0 Å². The Morgan fingerprint density at radius 2 is 2.21 bits per heavy atom. The summed E-state index contributed by atoms with van der Waals surface area (Å²) >= 11 is 4.84. The van der Waals surface area contributed by atoms with Crippen molar-refractivity contribution >= 4 is 18.4 Å². The molecule has 19 heavy (non-hydrogen) atoms. The van der Waals surface area contributed by atoms with E-state index >= 15 is 0 Å². The van der Waals surface area contributed by atoms with Crippen molar-refractivity contribution in [1.29, 1.82) is 0 Å². The maximum Gasteiger partial charge on any atom is 0.299 e. The number of H-pyrrole nitrogens is 1. The minimum atomic E-state index is -2.76. The molecule has 0 spiro atoms. The van der Waals surface area contributed by atoms with Crippen LogP contribution in [0.4, 0.5) is 8.78 Å². The molecule has 1 heterocycles. The van der Waals surface area contributed by atoms with E-state index in [1.54, 1.807) is 24.3 Å². The summed E-state index contributed by atoms with van der Waals surface area (Å²) in [5.74, 6) is 0.0519. The lowest BCUT2D eigenvalue weighted by molar-refractivity contribution is 0.136. The third kappa shape index (κ3) is 2.84. The Hall–Kier alpha value is -2.09. The van der Waals surface area contributed by atoms with E-state index in [0.29, 0.717) is 11.3 Å². The van der Waals surface area contributed by atoms with Crippen LogP contribution in [0.3, 0.4) is 0 Å². The second-order valence-corrected chi connectivity index (χ2v) is 3.87. The zero-order valence-electron chi connectivity index (χ0n) is 9.88. The lowest BCUT2D eigenvalue weighted by atomic mass is 10.2. The van der Waals surface area contributed by atoms with Gasteiger partial charge in [-0.2, -0.15) is 14.9 Å². The van der Waals surface area contributed by atoms with Gasteiger partial charge in [-0.25, -0.2) is 13.9 Å². The van der Waals surface area contributed by atoms with E-state index in [1.165, 1.54) is 13.3 Å². The van der Waals surface area contributed by atoms with Crippen LogP contribution in [0, 0.1) is 4.77 Å². The molecule has 0 bridgehead atoms. The Balaban J connectivity index is 2.38. The number of hydrogen-bond donors (Lipinski definition) is 1. The van der Waals surface area contributed by atoms with Crippen molar-refractivity contribution in [1.82, 2.24) is 14.9 Å². The molecule has 0 aliphatic carbocycles. The van der Waals surface area contributed by atoms with Crippen LogP contribution in [-0.4, -0.2) is 28.2 Å². The molecule has 100 valence electrons. The quantitative estimate of drug-likeness (QED) is 0.694. The second kappa shape index (κ2) is 5.70. The number of halogens is 2. The standard InChI is InChI=1S/C11H10F2N4OS/c1-18-8-5-3-2-4-7(8)6-14-17-10(9(12)13)15-16-11(17)19/h2-6,9H,1H3,(H,16,19). The molecular weight excluding hydrogens is 274 g/mol. The van der Waals surface area contributed by atoms with Crippen molar-refractivity contribution < 1.29 is 13.5 Å². The van der Waals surface area contributed by atoms with Crippen LogP contribution in [0.5, 0.6) is 5.75 Å². The first-order chi connectivity index (χ1) is 9.13. The summed E-state index contributed by atoms with van der Waals surface area (Å²) in [6, 6.07) is 7.06. The molecule has 2 rings (SSSR count). The first-order valence-corrected chi connectivity index (χ1v) is 5.67. The highest BCUT2D eigenvalue weighted by molar-refractivity contribution is 7.71. The van der Waals surface area contributed by atoms with Gasteiger partial charge in [-0.3, -0.25) is 0 Å². The predicted molar refractivity (Wildman–Crippen MR) is 68.4 cm³/mol. The van der Waals surface area contributed by atoms with Crippen LogP contribution in [-0.2, 0) is 0 Å². The van der Waals surface area contributed by atoms with Crippen molar-refractivity contribution in [2.45, 2.75) is 6.43 Å². The Kier molecular flexibility index (Phi) is 4.00. The van der Waals surface area contributed by atoms with Crippen molar-refractivity contribution in [3.05, 3.63) is 40.4 Å². The van der Waals surface area contributed by atoms with Crippen LogP contribution >= 0.6 is 12.2 Å². The SMILES string of the molecule is COc1ccccc1C=Nn1c(C(F)F)n[nH]c1=S. The van der Waals surface area contributed by atoms with Crippen molar-refractivity contribution in [3.63, 3.8) is 0 Å². The number of para-hydroxylation sites is 1. The van der Waals surface area contributed by atoms with E-state index in [1.807, 2.05) is 0 Å². The van der Waals surface area contributed by atoms with Gasteiger partial charge < -0.3 is 4.74 Å². The molecule has 0 aliphatic rings. The number of alkyl halides is 2. The number of aromatic nitrogens is 3. The molecule has 0 amide bonds. The van der Waals surface area contributed by atoms with Crippen LogP contribution in [0.15, 0.2) is 29.4 Å². The fourth-order valence-electron chi connectivity index (χ4n) is 1.45. The maximum atomic E-state index is 12.7. The molecule has 2 aromatic rings. The van der Waals surface area contributed by atoms with Crippen molar-refractivity contribution in [2.75, 3.05) is 7.11 Å². The van der Waals surface area contributed by atoms with Crippen molar-refractivity contribution in [3.8, 4) is 5.75 Å². The molecule has 0 fully saturated rings. The lowest BCUT2D eigenvalue weighted by Gasteiger charge is -2.03. The van der Waals surface area contributed by atoms with E-state index in [-0.39, 0.29) is 4.77 Å².